The minimum Gasteiger partial charge on any atom is -0.489 e. The largest absolute Gasteiger partial charge is 0.489 e. The first-order valence-corrected chi connectivity index (χ1v) is 11.1. The number of rotatable bonds is 6. The van der Waals surface area contributed by atoms with E-state index in [1.807, 2.05) is 12.1 Å². The number of ether oxygens (including phenoxy) is 1. The Balaban J connectivity index is 1.42. The van der Waals surface area contributed by atoms with Gasteiger partial charge in [0.15, 0.2) is 0 Å². The lowest BCUT2D eigenvalue weighted by Crippen LogP contribution is -2.28. The van der Waals surface area contributed by atoms with Gasteiger partial charge < -0.3 is 4.74 Å². The molecule has 0 bridgehead atoms. The Morgan fingerprint density at radius 3 is 2.38 bits per heavy atom. The minimum atomic E-state index is -0.560. The van der Waals surface area contributed by atoms with Gasteiger partial charge in [0, 0.05) is 15.6 Å². The number of hydrogen-bond donors (Lipinski definition) is 0. The zero-order valence-electron chi connectivity index (χ0n) is 16.6. The van der Waals surface area contributed by atoms with E-state index in [4.69, 9.17) is 27.9 Å². The van der Waals surface area contributed by atoms with Crippen LogP contribution in [0.4, 0.5) is 9.18 Å². The topological polar surface area (TPSA) is 46.6 Å². The highest BCUT2D eigenvalue weighted by molar-refractivity contribution is 8.18. The Bertz CT molecular complexity index is 1180. The second kappa shape index (κ2) is 9.77. The number of hydrogen-bond acceptors (Lipinski definition) is 4. The first kappa shape index (κ1) is 22.4. The van der Waals surface area contributed by atoms with Crippen LogP contribution in [0, 0.1) is 5.82 Å². The highest BCUT2D eigenvalue weighted by Crippen LogP contribution is 2.34. The van der Waals surface area contributed by atoms with Crippen molar-refractivity contribution in [3.8, 4) is 5.75 Å². The van der Waals surface area contributed by atoms with Gasteiger partial charge in [-0.05, 0) is 65.4 Å². The molecule has 8 heteroatoms. The molecule has 32 heavy (non-hydrogen) atoms. The Labute approximate surface area is 198 Å². The quantitative estimate of drug-likeness (QED) is 0.353. The van der Waals surface area contributed by atoms with E-state index in [2.05, 4.69) is 0 Å². The van der Waals surface area contributed by atoms with Crippen molar-refractivity contribution >= 4 is 52.2 Å². The number of carbonyl (C=O) groups is 2. The maximum atomic E-state index is 14.1. The molecule has 1 aliphatic heterocycles. The van der Waals surface area contributed by atoms with Crippen molar-refractivity contribution in [3.63, 3.8) is 0 Å². The van der Waals surface area contributed by atoms with Crippen LogP contribution < -0.4 is 4.74 Å². The van der Waals surface area contributed by atoms with Crippen LogP contribution in [0.1, 0.15) is 16.7 Å². The fraction of sp³-hybridized carbons (Fsp3) is 0.0833. The fourth-order valence-corrected chi connectivity index (χ4v) is 4.22. The standard InChI is InChI=1S/C24H16Cl2FNO3S/c25-17-8-4-16(5-9-17)14-31-18-10-6-15(7-11-18)12-22-23(29)28(24(30)32-22)13-19-20(26)2-1-3-21(19)27/h1-12H,13-14H2. The van der Waals surface area contributed by atoms with Crippen LogP contribution in [0.5, 0.6) is 5.75 Å². The molecule has 0 unspecified atom stereocenters. The second-order valence-corrected chi connectivity index (χ2v) is 8.79. The lowest BCUT2D eigenvalue weighted by molar-refractivity contribution is -0.123. The summed E-state index contributed by atoms with van der Waals surface area (Å²) >= 11 is 12.7. The van der Waals surface area contributed by atoms with Crippen LogP contribution in [0.25, 0.3) is 6.08 Å². The summed E-state index contributed by atoms with van der Waals surface area (Å²) in [6.07, 6.45) is 1.62. The van der Waals surface area contributed by atoms with Gasteiger partial charge in [-0.3, -0.25) is 14.5 Å². The van der Waals surface area contributed by atoms with Crippen molar-refractivity contribution in [2.45, 2.75) is 13.2 Å². The number of nitrogens with zero attached hydrogens (tertiary/aromatic N) is 1. The third-order valence-corrected chi connectivity index (χ3v) is 6.26. The zero-order chi connectivity index (χ0) is 22.7. The predicted molar refractivity (Wildman–Crippen MR) is 125 cm³/mol. The first-order valence-electron chi connectivity index (χ1n) is 9.56. The molecular weight excluding hydrogens is 472 g/mol. The molecule has 3 aromatic rings. The van der Waals surface area contributed by atoms with E-state index in [1.165, 1.54) is 18.2 Å². The molecule has 0 atom stereocenters. The van der Waals surface area contributed by atoms with E-state index >= 15 is 0 Å². The molecule has 1 saturated heterocycles. The summed E-state index contributed by atoms with van der Waals surface area (Å²) in [6, 6.07) is 18.8. The van der Waals surface area contributed by atoms with E-state index in [1.54, 1.807) is 42.5 Å². The molecule has 4 rings (SSSR count). The zero-order valence-corrected chi connectivity index (χ0v) is 18.9. The van der Waals surface area contributed by atoms with Crippen molar-refractivity contribution < 1.29 is 18.7 Å². The van der Waals surface area contributed by atoms with Gasteiger partial charge in [0.1, 0.15) is 18.2 Å². The Kier molecular flexibility index (Phi) is 6.84. The van der Waals surface area contributed by atoms with Crippen molar-refractivity contribution in [1.29, 1.82) is 0 Å². The van der Waals surface area contributed by atoms with Gasteiger partial charge in [-0.1, -0.05) is 53.5 Å². The molecule has 1 aliphatic rings. The summed E-state index contributed by atoms with van der Waals surface area (Å²) in [5.41, 5.74) is 1.83. The average Bonchev–Trinajstić information content (AvgIpc) is 3.04. The smallest absolute Gasteiger partial charge is 0.293 e. The monoisotopic (exact) mass is 487 g/mol. The van der Waals surface area contributed by atoms with Crippen molar-refractivity contribution in [1.82, 2.24) is 4.90 Å². The molecule has 4 nitrogen and oxygen atoms in total. The summed E-state index contributed by atoms with van der Waals surface area (Å²) < 4.78 is 19.8. The molecule has 0 N–H and O–H groups in total. The average molecular weight is 488 g/mol. The van der Waals surface area contributed by atoms with E-state index in [9.17, 15) is 14.0 Å². The van der Waals surface area contributed by atoms with Gasteiger partial charge >= 0.3 is 0 Å². The Hall–Kier alpha value is -2.80. The van der Waals surface area contributed by atoms with Crippen molar-refractivity contribution in [3.05, 3.63) is 104 Å². The summed E-state index contributed by atoms with van der Waals surface area (Å²) in [5.74, 6) is -0.378. The molecule has 0 aromatic heterocycles. The van der Waals surface area contributed by atoms with Gasteiger partial charge in [-0.2, -0.15) is 0 Å². The van der Waals surface area contributed by atoms with Crippen LogP contribution in [0.15, 0.2) is 71.6 Å². The number of benzene rings is 3. The minimum absolute atomic E-state index is 0.111. The third kappa shape index (κ3) is 5.15. The molecule has 162 valence electrons. The molecule has 0 saturated carbocycles. The SMILES string of the molecule is O=C1SC(=Cc2ccc(OCc3ccc(Cl)cc3)cc2)C(=O)N1Cc1c(F)cccc1Cl. The molecule has 0 aliphatic carbocycles. The van der Waals surface area contributed by atoms with Crippen molar-refractivity contribution in [2.24, 2.45) is 0 Å². The molecule has 1 fully saturated rings. The van der Waals surface area contributed by atoms with Crippen LogP contribution in [-0.2, 0) is 17.9 Å². The molecule has 1 heterocycles. The van der Waals surface area contributed by atoms with Crippen molar-refractivity contribution in [2.75, 3.05) is 0 Å². The Morgan fingerprint density at radius 1 is 0.969 bits per heavy atom. The van der Waals surface area contributed by atoms with Crippen LogP contribution >= 0.6 is 35.0 Å². The van der Waals surface area contributed by atoms with Gasteiger partial charge in [-0.15, -0.1) is 0 Å². The summed E-state index contributed by atoms with van der Waals surface area (Å²) in [4.78, 5) is 26.3. The highest BCUT2D eigenvalue weighted by atomic mass is 35.5. The van der Waals surface area contributed by atoms with Crippen LogP contribution in [0.2, 0.25) is 10.0 Å². The number of thioether (sulfide) groups is 1. The number of amides is 2. The molecule has 0 spiro atoms. The maximum Gasteiger partial charge on any atom is 0.293 e. The Morgan fingerprint density at radius 2 is 1.69 bits per heavy atom. The van der Waals surface area contributed by atoms with Gasteiger partial charge in [0.2, 0.25) is 0 Å². The fourth-order valence-electron chi connectivity index (χ4n) is 3.04. The summed E-state index contributed by atoms with van der Waals surface area (Å²) in [7, 11) is 0. The van der Waals surface area contributed by atoms with E-state index in [-0.39, 0.29) is 22.0 Å². The molecule has 2 amide bonds. The van der Waals surface area contributed by atoms with Crippen LogP contribution in [0.3, 0.4) is 0 Å². The lowest BCUT2D eigenvalue weighted by atomic mass is 10.2. The van der Waals surface area contributed by atoms with Crippen LogP contribution in [-0.4, -0.2) is 16.0 Å². The van der Waals surface area contributed by atoms with E-state index in [0.717, 1.165) is 27.8 Å². The lowest BCUT2D eigenvalue weighted by Gasteiger charge is -2.14. The summed E-state index contributed by atoms with van der Waals surface area (Å²) in [5, 5.41) is 0.366. The van der Waals surface area contributed by atoms with Gasteiger partial charge in [0.05, 0.1) is 11.4 Å². The maximum absolute atomic E-state index is 14.1. The van der Waals surface area contributed by atoms with E-state index in [0.29, 0.717) is 17.4 Å². The summed E-state index contributed by atoms with van der Waals surface area (Å²) in [6.45, 7) is 0.180. The molecule has 0 radical (unpaired) electrons. The molecule has 3 aromatic carbocycles. The normalized spacial score (nSPS) is 15.0. The van der Waals surface area contributed by atoms with E-state index < -0.39 is 17.0 Å². The first-order chi connectivity index (χ1) is 15.4. The number of carbonyl (C=O) groups excluding carboxylic acids is 2. The highest BCUT2D eigenvalue weighted by Gasteiger charge is 2.35. The predicted octanol–water partition coefficient (Wildman–Crippen LogP) is 6.95. The number of halogens is 3. The van der Waals surface area contributed by atoms with Gasteiger partial charge in [0.25, 0.3) is 11.1 Å². The molecular formula is C24H16Cl2FNO3S. The second-order valence-electron chi connectivity index (χ2n) is 6.95. The third-order valence-electron chi connectivity index (χ3n) is 4.75. The van der Waals surface area contributed by atoms with Gasteiger partial charge in [-0.25, -0.2) is 4.39 Å². The number of imide groups is 1.